The predicted octanol–water partition coefficient (Wildman–Crippen LogP) is 2.58. The fourth-order valence-electron chi connectivity index (χ4n) is 2.52. The monoisotopic (exact) mass is 492 g/mol. The molecule has 0 aliphatic heterocycles. The lowest BCUT2D eigenvalue weighted by Crippen LogP contribution is -2.43. The third-order valence-electron chi connectivity index (χ3n) is 4.27. The van der Waals surface area contributed by atoms with Gasteiger partial charge in [-0.05, 0) is 36.4 Å². The molecule has 13 heteroatoms. The highest BCUT2D eigenvalue weighted by atomic mass is 32.2. The van der Waals surface area contributed by atoms with E-state index < -0.39 is 28.0 Å². The van der Waals surface area contributed by atoms with E-state index in [1.165, 1.54) is 43.5 Å². The summed E-state index contributed by atoms with van der Waals surface area (Å²) in [4.78, 5) is 39.2. The second-order valence-corrected chi connectivity index (χ2v) is 8.41. The average Bonchev–Trinajstić information content (AvgIpc) is 2.84. The van der Waals surface area contributed by atoms with Gasteiger partial charge in [-0.15, -0.1) is 0 Å². The summed E-state index contributed by atoms with van der Waals surface area (Å²) in [7, 11) is -0.418. The quantitative estimate of drug-likeness (QED) is 0.409. The standard InChI is InChI=1S/C21H24N4O8S/c1-5-18(26)22-16-10-9-15(34(29,30)14-8-6-7-13(11-14)31-2)12-17(16)23-19(24-20(27)32-3)25-21(28)33-4/h6-12H,5H2,1-4H3,(H,22,26)(H2,23,24,25,27,28). The highest BCUT2D eigenvalue weighted by Gasteiger charge is 2.21. The first-order chi connectivity index (χ1) is 16.1. The molecule has 0 fully saturated rings. The lowest BCUT2D eigenvalue weighted by Gasteiger charge is -2.13. The number of carbonyl (C=O) groups excluding carboxylic acids is 3. The van der Waals surface area contributed by atoms with Crippen LogP contribution in [0.15, 0.2) is 57.2 Å². The van der Waals surface area contributed by atoms with Gasteiger partial charge in [0.15, 0.2) is 0 Å². The van der Waals surface area contributed by atoms with E-state index in [0.717, 1.165) is 14.2 Å². The molecule has 2 rings (SSSR count). The van der Waals surface area contributed by atoms with Gasteiger partial charge in [-0.25, -0.2) is 23.0 Å². The van der Waals surface area contributed by atoms with Crippen LogP contribution >= 0.6 is 0 Å². The van der Waals surface area contributed by atoms with Crippen molar-refractivity contribution in [1.82, 2.24) is 10.6 Å². The number of carbonyl (C=O) groups is 3. The number of nitrogens with zero attached hydrogens (tertiary/aromatic N) is 1. The number of sulfone groups is 1. The van der Waals surface area contributed by atoms with Gasteiger partial charge in [0.2, 0.25) is 21.7 Å². The van der Waals surface area contributed by atoms with Crippen molar-refractivity contribution >= 4 is 45.3 Å². The Bertz CT molecular complexity index is 1190. The van der Waals surface area contributed by atoms with Gasteiger partial charge in [0, 0.05) is 6.42 Å². The summed E-state index contributed by atoms with van der Waals surface area (Å²) in [6.07, 6.45) is -1.79. The smallest absolute Gasteiger partial charge is 0.413 e. The Labute approximate surface area is 196 Å². The van der Waals surface area contributed by atoms with Gasteiger partial charge < -0.3 is 19.5 Å². The van der Waals surface area contributed by atoms with Crippen LogP contribution in [0.25, 0.3) is 0 Å². The van der Waals surface area contributed by atoms with Crippen molar-refractivity contribution in [3.63, 3.8) is 0 Å². The number of amides is 3. The Morgan fingerprint density at radius 3 is 2.09 bits per heavy atom. The Kier molecular flexibility index (Phi) is 8.95. The van der Waals surface area contributed by atoms with E-state index in [1.54, 1.807) is 13.0 Å². The zero-order valence-corrected chi connectivity index (χ0v) is 19.7. The lowest BCUT2D eigenvalue weighted by atomic mass is 10.2. The number of nitrogens with one attached hydrogen (secondary N) is 3. The molecule has 0 heterocycles. The van der Waals surface area contributed by atoms with Gasteiger partial charge in [-0.2, -0.15) is 0 Å². The lowest BCUT2D eigenvalue weighted by molar-refractivity contribution is -0.115. The van der Waals surface area contributed by atoms with Crippen LogP contribution in [0.2, 0.25) is 0 Å². The SMILES string of the molecule is CCC(=O)Nc1ccc(S(=O)(=O)c2cccc(OC)c2)cc1N=C(NC(=O)OC)NC(=O)OC. The number of ether oxygens (including phenoxy) is 3. The number of guanidine groups is 1. The third-order valence-corrected chi connectivity index (χ3v) is 6.02. The fraction of sp³-hybridized carbons (Fsp3) is 0.238. The topological polar surface area (TPSA) is 161 Å². The Balaban J connectivity index is 2.65. The van der Waals surface area contributed by atoms with Crippen molar-refractivity contribution in [3.8, 4) is 5.75 Å². The number of aliphatic imine (C=N–C) groups is 1. The minimum Gasteiger partial charge on any atom is -0.497 e. The molecule has 0 aliphatic rings. The normalized spacial score (nSPS) is 10.5. The minimum atomic E-state index is -4.02. The zero-order chi connectivity index (χ0) is 25.3. The van der Waals surface area contributed by atoms with E-state index in [2.05, 4.69) is 30.4 Å². The van der Waals surface area contributed by atoms with E-state index in [0.29, 0.717) is 5.75 Å². The van der Waals surface area contributed by atoms with Crippen LogP contribution < -0.4 is 20.7 Å². The Hall–Kier alpha value is -4.13. The first-order valence-corrected chi connectivity index (χ1v) is 11.2. The molecule has 0 unspecified atom stereocenters. The summed E-state index contributed by atoms with van der Waals surface area (Å²) in [5.41, 5.74) is 0.0563. The molecule has 3 N–H and O–H groups in total. The fourth-order valence-corrected chi connectivity index (χ4v) is 3.84. The molecule has 2 aromatic rings. The average molecular weight is 493 g/mol. The second kappa shape index (κ2) is 11.7. The second-order valence-electron chi connectivity index (χ2n) is 6.46. The van der Waals surface area contributed by atoms with Crippen LogP contribution in [0, 0.1) is 0 Å². The first kappa shape index (κ1) is 26.1. The highest BCUT2D eigenvalue weighted by Crippen LogP contribution is 2.32. The maximum absolute atomic E-state index is 13.2. The zero-order valence-electron chi connectivity index (χ0n) is 18.9. The van der Waals surface area contributed by atoms with Gasteiger partial charge in [0.05, 0.1) is 42.5 Å². The maximum atomic E-state index is 13.2. The molecule has 0 aromatic heterocycles. The van der Waals surface area contributed by atoms with Crippen molar-refractivity contribution in [2.45, 2.75) is 23.1 Å². The van der Waals surface area contributed by atoms with Gasteiger partial charge in [0.1, 0.15) is 5.75 Å². The molecule has 0 aliphatic carbocycles. The number of benzene rings is 2. The van der Waals surface area contributed by atoms with Crippen LogP contribution in [0.1, 0.15) is 13.3 Å². The van der Waals surface area contributed by atoms with Crippen LogP contribution in [0.3, 0.4) is 0 Å². The molecule has 182 valence electrons. The molecule has 2 aromatic carbocycles. The van der Waals surface area contributed by atoms with Crippen LogP contribution in [-0.4, -0.2) is 53.8 Å². The summed E-state index contributed by atoms with van der Waals surface area (Å²) in [6.45, 7) is 1.63. The number of hydrogen-bond donors (Lipinski definition) is 3. The molecule has 34 heavy (non-hydrogen) atoms. The molecule has 0 saturated heterocycles. The van der Waals surface area contributed by atoms with Crippen LogP contribution in [0.4, 0.5) is 21.0 Å². The van der Waals surface area contributed by atoms with Crippen molar-refractivity contribution < 1.29 is 37.0 Å². The third kappa shape index (κ3) is 6.68. The molecule has 0 spiro atoms. The highest BCUT2D eigenvalue weighted by molar-refractivity contribution is 7.91. The van der Waals surface area contributed by atoms with Gasteiger partial charge in [-0.3, -0.25) is 15.4 Å². The molecule has 0 bridgehead atoms. The van der Waals surface area contributed by atoms with E-state index in [9.17, 15) is 22.8 Å². The molecule has 3 amide bonds. The van der Waals surface area contributed by atoms with Gasteiger partial charge >= 0.3 is 12.2 Å². The van der Waals surface area contributed by atoms with Crippen LogP contribution in [-0.2, 0) is 24.1 Å². The molecular formula is C21H24N4O8S. The Morgan fingerprint density at radius 2 is 1.53 bits per heavy atom. The van der Waals surface area contributed by atoms with Crippen molar-refractivity contribution in [1.29, 1.82) is 0 Å². The maximum Gasteiger partial charge on any atom is 0.413 e. The summed E-state index contributed by atoms with van der Waals surface area (Å²) in [5, 5.41) is 6.94. The number of methoxy groups -OCH3 is 3. The van der Waals surface area contributed by atoms with Crippen molar-refractivity contribution in [3.05, 3.63) is 42.5 Å². The molecule has 0 atom stereocenters. The summed E-state index contributed by atoms with van der Waals surface area (Å²) >= 11 is 0. The van der Waals surface area contributed by atoms with Gasteiger partial charge in [-0.1, -0.05) is 13.0 Å². The number of anilines is 1. The number of alkyl carbamates (subject to hydrolysis) is 2. The predicted molar refractivity (Wildman–Crippen MR) is 122 cm³/mol. The van der Waals surface area contributed by atoms with E-state index in [1.807, 2.05) is 0 Å². The number of hydrogen-bond acceptors (Lipinski definition) is 9. The summed E-state index contributed by atoms with van der Waals surface area (Å²) in [6, 6.07) is 9.69. The first-order valence-electron chi connectivity index (χ1n) is 9.76. The number of rotatable bonds is 6. The van der Waals surface area contributed by atoms with E-state index in [-0.39, 0.29) is 33.5 Å². The molecular weight excluding hydrogens is 468 g/mol. The van der Waals surface area contributed by atoms with Crippen molar-refractivity contribution in [2.75, 3.05) is 26.6 Å². The molecule has 0 saturated carbocycles. The largest absolute Gasteiger partial charge is 0.497 e. The van der Waals surface area contributed by atoms with Gasteiger partial charge in [0.25, 0.3) is 0 Å². The molecule has 12 nitrogen and oxygen atoms in total. The summed E-state index contributed by atoms with van der Waals surface area (Å²) < 4.78 is 40.5. The molecule has 0 radical (unpaired) electrons. The van der Waals surface area contributed by atoms with E-state index >= 15 is 0 Å². The van der Waals surface area contributed by atoms with Crippen LogP contribution in [0.5, 0.6) is 5.75 Å². The van der Waals surface area contributed by atoms with Crippen molar-refractivity contribution in [2.24, 2.45) is 4.99 Å². The minimum absolute atomic E-state index is 0.0345. The summed E-state index contributed by atoms with van der Waals surface area (Å²) in [5.74, 6) is -0.456. The Morgan fingerprint density at radius 1 is 0.912 bits per heavy atom. The van der Waals surface area contributed by atoms with E-state index in [4.69, 9.17) is 4.74 Å².